The summed E-state index contributed by atoms with van der Waals surface area (Å²) in [6.07, 6.45) is 0. The first-order chi connectivity index (χ1) is 13.4. The van der Waals surface area contributed by atoms with Gasteiger partial charge in [-0.3, -0.25) is 14.5 Å². The standard InChI is InChI=1S/C20H21FN4O2S/c1-13-6-5-7-15(10-13)19-23-24-20(28)25(19)11-18(26)22-14(2)12-27-17-9-4-3-8-16(17)21/h3-10,14H,11-12H2,1-2H3,(H,22,26)(H,24,28). The number of para-hydroxylation sites is 1. The molecule has 0 aliphatic heterocycles. The fraction of sp³-hybridized carbons (Fsp3) is 0.250. The average molecular weight is 400 g/mol. The molecule has 0 aliphatic rings. The molecule has 1 atom stereocenters. The van der Waals surface area contributed by atoms with Gasteiger partial charge < -0.3 is 10.1 Å². The maximum absolute atomic E-state index is 13.6. The number of rotatable bonds is 7. The molecule has 146 valence electrons. The highest BCUT2D eigenvalue weighted by Crippen LogP contribution is 2.18. The van der Waals surface area contributed by atoms with Gasteiger partial charge in [0, 0.05) is 5.56 Å². The van der Waals surface area contributed by atoms with Crippen LogP contribution in [-0.4, -0.2) is 33.3 Å². The number of ether oxygens (including phenoxy) is 1. The van der Waals surface area contributed by atoms with Crippen LogP contribution in [0.25, 0.3) is 11.4 Å². The first-order valence-corrected chi connectivity index (χ1v) is 9.24. The summed E-state index contributed by atoms with van der Waals surface area (Å²) in [5.41, 5.74) is 1.96. The minimum atomic E-state index is -0.437. The molecule has 0 fully saturated rings. The van der Waals surface area contributed by atoms with Crippen molar-refractivity contribution in [3.63, 3.8) is 0 Å². The second-order valence-corrected chi connectivity index (χ2v) is 6.90. The first kappa shape index (κ1) is 19.8. The molecule has 1 amide bonds. The number of halogens is 1. The van der Waals surface area contributed by atoms with Gasteiger partial charge in [-0.25, -0.2) is 4.39 Å². The number of hydrogen-bond donors (Lipinski definition) is 2. The Morgan fingerprint density at radius 2 is 2.11 bits per heavy atom. The van der Waals surface area contributed by atoms with Gasteiger partial charge in [0.05, 0.1) is 6.04 Å². The molecule has 1 aromatic heterocycles. The van der Waals surface area contributed by atoms with Gasteiger partial charge in [0.25, 0.3) is 0 Å². The zero-order valence-corrected chi connectivity index (χ0v) is 16.4. The van der Waals surface area contributed by atoms with Gasteiger partial charge >= 0.3 is 0 Å². The van der Waals surface area contributed by atoms with E-state index in [1.165, 1.54) is 6.07 Å². The molecule has 28 heavy (non-hydrogen) atoms. The maximum Gasteiger partial charge on any atom is 0.240 e. The molecule has 0 bridgehead atoms. The fourth-order valence-electron chi connectivity index (χ4n) is 2.75. The summed E-state index contributed by atoms with van der Waals surface area (Å²) in [5.74, 6) is 0.0751. The summed E-state index contributed by atoms with van der Waals surface area (Å²) in [6, 6.07) is 13.6. The van der Waals surface area contributed by atoms with E-state index >= 15 is 0 Å². The van der Waals surface area contributed by atoms with Crippen molar-refractivity contribution < 1.29 is 13.9 Å². The van der Waals surface area contributed by atoms with Crippen molar-refractivity contribution in [3.8, 4) is 17.1 Å². The number of aryl methyl sites for hydroxylation is 1. The zero-order chi connectivity index (χ0) is 20.1. The topological polar surface area (TPSA) is 71.9 Å². The molecular formula is C20H21FN4O2S. The Hall–Kier alpha value is -3.00. The van der Waals surface area contributed by atoms with E-state index in [4.69, 9.17) is 17.0 Å². The van der Waals surface area contributed by atoms with Crippen LogP contribution in [0.1, 0.15) is 12.5 Å². The normalized spacial score (nSPS) is 11.8. The highest BCUT2D eigenvalue weighted by Gasteiger charge is 2.15. The van der Waals surface area contributed by atoms with Crippen LogP contribution in [0, 0.1) is 17.5 Å². The van der Waals surface area contributed by atoms with E-state index in [1.807, 2.05) is 31.2 Å². The summed E-state index contributed by atoms with van der Waals surface area (Å²) >= 11 is 5.27. The van der Waals surface area contributed by atoms with Crippen LogP contribution in [0.4, 0.5) is 4.39 Å². The quantitative estimate of drug-likeness (QED) is 0.594. The number of carbonyl (C=O) groups excluding carboxylic acids is 1. The Morgan fingerprint density at radius 3 is 2.86 bits per heavy atom. The van der Waals surface area contributed by atoms with Crippen molar-refractivity contribution in [1.29, 1.82) is 0 Å². The molecule has 8 heteroatoms. The molecule has 0 radical (unpaired) electrons. The highest BCUT2D eigenvalue weighted by atomic mass is 32.1. The molecule has 2 N–H and O–H groups in total. The summed E-state index contributed by atoms with van der Waals surface area (Å²) in [6.45, 7) is 3.94. The number of amides is 1. The summed E-state index contributed by atoms with van der Waals surface area (Å²) < 4.78 is 21.0. The Morgan fingerprint density at radius 1 is 1.32 bits per heavy atom. The average Bonchev–Trinajstić information content (AvgIpc) is 3.01. The van der Waals surface area contributed by atoms with Gasteiger partial charge in [-0.1, -0.05) is 35.9 Å². The molecule has 0 saturated heterocycles. The lowest BCUT2D eigenvalue weighted by Crippen LogP contribution is -2.38. The summed E-state index contributed by atoms with van der Waals surface area (Å²) in [5, 5.41) is 9.81. The van der Waals surface area contributed by atoms with Crippen molar-refractivity contribution in [3.05, 3.63) is 64.7 Å². The van der Waals surface area contributed by atoms with Gasteiger partial charge in [0.1, 0.15) is 13.2 Å². The minimum absolute atomic E-state index is 0.0165. The minimum Gasteiger partial charge on any atom is -0.488 e. The number of nitrogens with one attached hydrogen (secondary N) is 2. The van der Waals surface area contributed by atoms with E-state index in [0.717, 1.165) is 11.1 Å². The molecule has 2 aromatic carbocycles. The fourth-order valence-corrected chi connectivity index (χ4v) is 2.95. The van der Waals surface area contributed by atoms with Crippen LogP contribution in [0.5, 0.6) is 5.75 Å². The van der Waals surface area contributed by atoms with E-state index in [2.05, 4.69) is 15.5 Å². The van der Waals surface area contributed by atoms with Gasteiger partial charge in [-0.15, -0.1) is 0 Å². The molecule has 0 spiro atoms. The molecule has 1 unspecified atom stereocenters. The predicted molar refractivity (Wildman–Crippen MR) is 107 cm³/mol. The predicted octanol–water partition coefficient (Wildman–Crippen LogP) is 3.64. The van der Waals surface area contributed by atoms with Crippen LogP contribution >= 0.6 is 12.2 Å². The molecule has 1 heterocycles. The number of aromatic nitrogens is 3. The van der Waals surface area contributed by atoms with Gasteiger partial charge in [0.15, 0.2) is 22.2 Å². The van der Waals surface area contributed by atoms with Gasteiger partial charge in [0.2, 0.25) is 5.91 Å². The van der Waals surface area contributed by atoms with Crippen LogP contribution < -0.4 is 10.1 Å². The van der Waals surface area contributed by atoms with Crippen molar-refractivity contribution in [2.45, 2.75) is 26.4 Å². The van der Waals surface area contributed by atoms with Crippen molar-refractivity contribution in [2.75, 3.05) is 6.61 Å². The van der Waals surface area contributed by atoms with Crippen LogP contribution in [-0.2, 0) is 11.3 Å². The molecule has 0 saturated carbocycles. The van der Waals surface area contributed by atoms with Gasteiger partial charge in [-0.05, 0) is 44.3 Å². The Kier molecular flexibility index (Phi) is 6.20. The Balaban J connectivity index is 1.63. The monoisotopic (exact) mass is 400 g/mol. The van der Waals surface area contributed by atoms with E-state index < -0.39 is 5.82 Å². The van der Waals surface area contributed by atoms with E-state index in [0.29, 0.717) is 10.6 Å². The number of aromatic amines is 1. The van der Waals surface area contributed by atoms with Crippen molar-refractivity contribution >= 4 is 18.1 Å². The van der Waals surface area contributed by atoms with Crippen LogP contribution in [0.15, 0.2) is 48.5 Å². The number of nitrogens with zero attached hydrogens (tertiary/aromatic N) is 2. The Labute approximate surface area is 167 Å². The third-order valence-corrected chi connectivity index (χ3v) is 4.38. The number of carbonyl (C=O) groups is 1. The summed E-state index contributed by atoms with van der Waals surface area (Å²) in [4.78, 5) is 12.5. The van der Waals surface area contributed by atoms with Gasteiger partial charge in [-0.2, -0.15) is 5.10 Å². The van der Waals surface area contributed by atoms with Crippen LogP contribution in [0.2, 0.25) is 0 Å². The highest BCUT2D eigenvalue weighted by molar-refractivity contribution is 7.71. The smallest absolute Gasteiger partial charge is 0.240 e. The Bertz CT molecular complexity index is 1030. The lowest BCUT2D eigenvalue weighted by molar-refractivity contribution is -0.122. The second-order valence-electron chi connectivity index (χ2n) is 6.52. The second kappa shape index (κ2) is 8.79. The number of H-pyrrole nitrogens is 1. The van der Waals surface area contributed by atoms with E-state index in [9.17, 15) is 9.18 Å². The van der Waals surface area contributed by atoms with E-state index in [1.54, 1.807) is 29.7 Å². The molecule has 0 aliphatic carbocycles. The zero-order valence-electron chi connectivity index (χ0n) is 15.6. The molecule has 3 rings (SSSR count). The summed E-state index contributed by atoms with van der Waals surface area (Å²) in [7, 11) is 0. The largest absolute Gasteiger partial charge is 0.488 e. The number of hydrogen-bond acceptors (Lipinski definition) is 4. The SMILES string of the molecule is Cc1cccc(-c2n[nH]c(=S)n2CC(=O)NC(C)COc2ccccc2F)c1. The van der Waals surface area contributed by atoms with Crippen molar-refractivity contribution in [2.24, 2.45) is 0 Å². The van der Waals surface area contributed by atoms with Crippen LogP contribution in [0.3, 0.4) is 0 Å². The third kappa shape index (κ3) is 4.83. The molecule has 6 nitrogen and oxygen atoms in total. The lowest BCUT2D eigenvalue weighted by Gasteiger charge is -2.16. The third-order valence-electron chi connectivity index (χ3n) is 4.07. The number of benzene rings is 2. The van der Waals surface area contributed by atoms with E-state index in [-0.39, 0.29) is 30.9 Å². The molecular weight excluding hydrogens is 379 g/mol. The maximum atomic E-state index is 13.6. The van der Waals surface area contributed by atoms with Crippen molar-refractivity contribution in [1.82, 2.24) is 20.1 Å². The molecule has 3 aromatic rings. The first-order valence-electron chi connectivity index (χ1n) is 8.83. The lowest BCUT2D eigenvalue weighted by atomic mass is 10.1.